The average Bonchev–Trinajstić information content (AvgIpc) is 3.14. The summed E-state index contributed by atoms with van der Waals surface area (Å²) in [6.07, 6.45) is -10.8. The Morgan fingerprint density at radius 1 is 0.837 bits per heavy atom. The molecule has 2 heterocycles. The lowest BCUT2D eigenvalue weighted by molar-refractivity contribution is -0.257. The molecule has 0 aromatic heterocycles. The zero-order chi connectivity index (χ0) is 32.0. The molecule has 0 saturated carbocycles. The van der Waals surface area contributed by atoms with Crippen LogP contribution in [0.1, 0.15) is 54.8 Å². The summed E-state index contributed by atoms with van der Waals surface area (Å²) in [7, 11) is 0. The van der Waals surface area contributed by atoms with Crippen LogP contribution < -0.4 is 5.32 Å². The largest absolute Gasteiger partial charge is 0.479 e. The van der Waals surface area contributed by atoms with Crippen molar-refractivity contribution in [2.75, 3.05) is 6.61 Å². The van der Waals surface area contributed by atoms with E-state index in [0.29, 0.717) is 0 Å². The van der Waals surface area contributed by atoms with E-state index in [0.717, 1.165) is 27.7 Å². The van der Waals surface area contributed by atoms with Gasteiger partial charge < -0.3 is 34.1 Å². The first-order valence-corrected chi connectivity index (χ1v) is 12.7. The lowest BCUT2D eigenvalue weighted by Crippen LogP contribution is -2.66. The third-order valence-corrected chi connectivity index (χ3v) is 5.93. The van der Waals surface area contributed by atoms with Crippen molar-refractivity contribution in [1.82, 2.24) is 10.4 Å². The molecule has 1 aromatic rings. The number of imide groups is 1. The minimum Gasteiger partial charge on any atom is -0.479 e. The third-order valence-electron chi connectivity index (χ3n) is 5.93. The number of rotatable bonds is 11. The first-order chi connectivity index (χ1) is 20.2. The fraction of sp³-hybridized carbons (Fsp3) is 0.462. The SMILES string of the molecule is CC(=O)OC[C@H]1O[C@@H](NC(=O)C[C@@H](ON2C(=O)c3ccccc3C2=O)C(=O)O)[C@H](OC(C)=O)[C@@H](OC(C)=O)[C@@H]1OC(C)=O. The molecule has 17 heteroatoms. The van der Waals surface area contributed by atoms with Gasteiger partial charge in [0, 0.05) is 27.7 Å². The predicted octanol–water partition coefficient (Wildman–Crippen LogP) is -0.743. The highest BCUT2D eigenvalue weighted by Gasteiger charge is 2.53. The van der Waals surface area contributed by atoms with Crippen molar-refractivity contribution in [2.24, 2.45) is 0 Å². The highest BCUT2D eigenvalue weighted by atomic mass is 16.7. The van der Waals surface area contributed by atoms with Crippen molar-refractivity contribution in [1.29, 1.82) is 0 Å². The smallest absolute Gasteiger partial charge is 0.336 e. The number of carboxylic acid groups (broad SMARTS) is 1. The minimum absolute atomic E-state index is 0.0291. The predicted molar refractivity (Wildman–Crippen MR) is 134 cm³/mol. The fourth-order valence-corrected chi connectivity index (χ4v) is 4.29. The first-order valence-electron chi connectivity index (χ1n) is 12.7. The van der Waals surface area contributed by atoms with Gasteiger partial charge in [-0.05, 0) is 12.1 Å². The van der Waals surface area contributed by atoms with Crippen molar-refractivity contribution in [2.45, 2.75) is 70.9 Å². The second kappa shape index (κ2) is 13.8. The van der Waals surface area contributed by atoms with Crippen LogP contribution >= 0.6 is 0 Å². The van der Waals surface area contributed by atoms with E-state index in [1.54, 1.807) is 0 Å². The number of fused-ring (bicyclic) bond motifs is 1. The summed E-state index contributed by atoms with van der Waals surface area (Å²) in [5.74, 6) is -8.15. The summed E-state index contributed by atoms with van der Waals surface area (Å²) in [6.45, 7) is 3.54. The molecule has 2 aliphatic heterocycles. The number of esters is 4. The van der Waals surface area contributed by atoms with Crippen LogP contribution in [0, 0.1) is 0 Å². The Morgan fingerprint density at radius 2 is 1.35 bits per heavy atom. The first kappa shape index (κ1) is 32.6. The highest BCUT2D eigenvalue weighted by molar-refractivity contribution is 6.20. The molecule has 1 fully saturated rings. The maximum atomic E-state index is 13.0. The molecule has 0 bridgehead atoms. The molecule has 1 saturated heterocycles. The maximum Gasteiger partial charge on any atom is 0.336 e. The number of carbonyl (C=O) groups is 8. The number of hydroxylamine groups is 2. The molecule has 0 radical (unpaired) electrons. The number of nitrogens with one attached hydrogen (secondary N) is 1. The van der Waals surface area contributed by atoms with Crippen LogP contribution in [0.4, 0.5) is 0 Å². The standard InChI is InChI=1S/C26H28N2O15/c1-11(29)38-10-18-20(39-12(2)30)21(40-13(3)31)22(41-14(4)32)23(42-18)27-19(33)9-17(26(36)37)43-28-24(34)15-7-5-6-8-16(15)25(28)35/h5-8,17-18,20-23H,9-10H2,1-4H3,(H,27,33)(H,36,37)/t17-,18-,20-,21+,22-,23-/m1/s1. The van der Waals surface area contributed by atoms with Crippen LogP contribution in [0.5, 0.6) is 0 Å². The van der Waals surface area contributed by atoms with Crippen LogP contribution in [0.15, 0.2) is 24.3 Å². The Kier molecular flexibility index (Phi) is 10.5. The van der Waals surface area contributed by atoms with Crippen molar-refractivity contribution in [3.8, 4) is 0 Å². The Balaban J connectivity index is 1.85. The van der Waals surface area contributed by atoms with Gasteiger partial charge >= 0.3 is 29.8 Å². The van der Waals surface area contributed by atoms with E-state index in [2.05, 4.69) is 5.32 Å². The van der Waals surface area contributed by atoms with E-state index < -0.39 is 97.3 Å². The maximum absolute atomic E-state index is 13.0. The van der Waals surface area contributed by atoms with E-state index in [9.17, 15) is 43.5 Å². The van der Waals surface area contributed by atoms with Crippen LogP contribution in [-0.2, 0) is 57.3 Å². The average molecular weight is 609 g/mol. The molecule has 0 unspecified atom stereocenters. The zero-order valence-electron chi connectivity index (χ0n) is 23.3. The number of aliphatic carboxylic acids is 1. The van der Waals surface area contributed by atoms with Crippen LogP contribution in [0.25, 0.3) is 0 Å². The Labute approximate surface area is 243 Å². The summed E-state index contributed by atoms with van der Waals surface area (Å²) in [5, 5.41) is 12.2. The molecule has 2 aliphatic rings. The molecule has 6 atom stereocenters. The number of ether oxygens (including phenoxy) is 5. The van der Waals surface area contributed by atoms with Gasteiger partial charge in [0.05, 0.1) is 17.5 Å². The van der Waals surface area contributed by atoms with Gasteiger partial charge in [0.25, 0.3) is 11.8 Å². The summed E-state index contributed by atoms with van der Waals surface area (Å²) in [5.41, 5.74) is -0.0582. The molecule has 43 heavy (non-hydrogen) atoms. The number of benzene rings is 1. The summed E-state index contributed by atoms with van der Waals surface area (Å²) in [6, 6.07) is 5.66. The third kappa shape index (κ3) is 8.10. The normalized spacial score (nSPS) is 23.4. The van der Waals surface area contributed by atoms with E-state index in [-0.39, 0.29) is 16.2 Å². The molecule has 17 nitrogen and oxygen atoms in total. The van der Waals surface area contributed by atoms with E-state index in [4.69, 9.17) is 28.5 Å². The zero-order valence-corrected chi connectivity index (χ0v) is 23.3. The number of hydrogen-bond acceptors (Lipinski definition) is 14. The molecule has 0 aliphatic carbocycles. The summed E-state index contributed by atoms with van der Waals surface area (Å²) < 4.78 is 26.4. The van der Waals surface area contributed by atoms with Crippen molar-refractivity contribution in [3.05, 3.63) is 35.4 Å². The minimum atomic E-state index is -2.06. The van der Waals surface area contributed by atoms with Gasteiger partial charge in [-0.1, -0.05) is 12.1 Å². The number of carboxylic acids is 1. The topological polar surface area (TPSA) is 227 Å². The molecule has 1 aromatic carbocycles. The van der Waals surface area contributed by atoms with Crippen molar-refractivity contribution in [3.63, 3.8) is 0 Å². The van der Waals surface area contributed by atoms with Gasteiger partial charge in [-0.3, -0.25) is 33.6 Å². The van der Waals surface area contributed by atoms with Gasteiger partial charge in [-0.25, -0.2) is 9.63 Å². The van der Waals surface area contributed by atoms with Gasteiger partial charge in [0.15, 0.2) is 30.6 Å². The van der Waals surface area contributed by atoms with Crippen LogP contribution in [-0.4, -0.2) is 101 Å². The molecule has 232 valence electrons. The summed E-state index contributed by atoms with van der Waals surface area (Å²) >= 11 is 0. The van der Waals surface area contributed by atoms with Gasteiger partial charge in [0.1, 0.15) is 12.7 Å². The number of amides is 3. The van der Waals surface area contributed by atoms with Gasteiger partial charge in [-0.2, -0.15) is 0 Å². The molecular formula is C26H28N2O15. The molecular weight excluding hydrogens is 580 g/mol. The monoisotopic (exact) mass is 608 g/mol. The Morgan fingerprint density at radius 3 is 1.84 bits per heavy atom. The van der Waals surface area contributed by atoms with Crippen LogP contribution in [0.2, 0.25) is 0 Å². The van der Waals surface area contributed by atoms with Crippen molar-refractivity contribution < 1.29 is 72.0 Å². The van der Waals surface area contributed by atoms with Gasteiger partial charge in [0.2, 0.25) is 5.91 Å². The molecule has 3 rings (SSSR count). The van der Waals surface area contributed by atoms with E-state index in [1.807, 2.05) is 0 Å². The second-order valence-electron chi connectivity index (χ2n) is 9.27. The molecule has 2 N–H and O–H groups in total. The Hall–Kier alpha value is -4.90. The van der Waals surface area contributed by atoms with Crippen molar-refractivity contribution >= 4 is 47.6 Å². The lowest BCUT2D eigenvalue weighted by Gasteiger charge is -2.44. The molecule has 0 spiro atoms. The van der Waals surface area contributed by atoms with E-state index in [1.165, 1.54) is 24.3 Å². The number of nitrogens with zero attached hydrogens (tertiary/aromatic N) is 1. The van der Waals surface area contributed by atoms with E-state index >= 15 is 0 Å². The molecule has 3 amide bonds. The number of carbonyl (C=O) groups excluding carboxylic acids is 7. The lowest BCUT2D eigenvalue weighted by atomic mass is 9.97. The second-order valence-corrected chi connectivity index (χ2v) is 9.27. The Bertz CT molecular complexity index is 1290. The van der Waals surface area contributed by atoms with Crippen LogP contribution in [0.3, 0.4) is 0 Å². The highest BCUT2D eigenvalue weighted by Crippen LogP contribution is 2.29. The fourth-order valence-electron chi connectivity index (χ4n) is 4.29. The summed E-state index contributed by atoms with van der Waals surface area (Å²) in [4.78, 5) is 102. The number of hydrogen-bond donors (Lipinski definition) is 2. The quantitative estimate of drug-likeness (QED) is 0.179. The van der Waals surface area contributed by atoms with Gasteiger partial charge in [-0.15, -0.1) is 5.06 Å².